The third-order valence-corrected chi connectivity index (χ3v) is 6.43. The van der Waals surface area contributed by atoms with Crippen LogP contribution in [0.4, 0.5) is 15.8 Å². The summed E-state index contributed by atoms with van der Waals surface area (Å²) in [5, 5.41) is 0.434. The van der Waals surface area contributed by atoms with E-state index in [9.17, 15) is 14.0 Å². The van der Waals surface area contributed by atoms with E-state index in [1.165, 1.54) is 28.0 Å². The number of amides is 2. The van der Waals surface area contributed by atoms with Crippen molar-refractivity contribution in [2.45, 2.75) is 6.61 Å². The molecule has 1 saturated heterocycles. The number of carbonyl (C=O) groups excluding carboxylic acids is 2. The minimum Gasteiger partial charge on any atom is -0.488 e. The Bertz CT molecular complexity index is 1500. The van der Waals surface area contributed by atoms with Gasteiger partial charge in [-0.1, -0.05) is 60.1 Å². The van der Waals surface area contributed by atoms with E-state index >= 15 is 0 Å². The second kappa shape index (κ2) is 11.0. The van der Waals surface area contributed by atoms with Gasteiger partial charge in [-0.05, 0) is 78.5 Å². The molecule has 1 fully saturated rings. The number of benzene rings is 4. The highest BCUT2D eigenvalue weighted by molar-refractivity contribution is 7.81. The molecule has 4 aromatic carbocycles. The number of anilines is 2. The summed E-state index contributed by atoms with van der Waals surface area (Å²) < 4.78 is 19.6. The minimum absolute atomic E-state index is 0.0446. The van der Waals surface area contributed by atoms with Gasteiger partial charge in [0.15, 0.2) is 5.11 Å². The summed E-state index contributed by atoms with van der Waals surface area (Å²) in [6, 6.07) is 28.7. The molecule has 0 bridgehead atoms. The number of ether oxygens (including phenoxy) is 1. The first-order chi connectivity index (χ1) is 18.4. The monoisotopic (exact) mass is 542 g/mol. The first-order valence-electron chi connectivity index (χ1n) is 11.6. The van der Waals surface area contributed by atoms with Crippen LogP contribution in [-0.2, 0) is 16.2 Å². The van der Waals surface area contributed by atoms with Crippen LogP contribution in [0.3, 0.4) is 0 Å². The number of para-hydroxylation sites is 2. The number of nitrogens with zero attached hydrogens (tertiary/aromatic N) is 2. The molecule has 0 N–H and O–H groups in total. The van der Waals surface area contributed by atoms with Gasteiger partial charge in [-0.15, -0.1) is 0 Å². The van der Waals surface area contributed by atoms with E-state index in [4.69, 9.17) is 28.6 Å². The third kappa shape index (κ3) is 5.20. The van der Waals surface area contributed by atoms with E-state index < -0.39 is 11.8 Å². The zero-order chi connectivity index (χ0) is 26.6. The van der Waals surface area contributed by atoms with Gasteiger partial charge in [-0.3, -0.25) is 19.4 Å². The van der Waals surface area contributed by atoms with Crippen LogP contribution in [-0.4, -0.2) is 16.9 Å². The van der Waals surface area contributed by atoms with Gasteiger partial charge in [0.25, 0.3) is 11.8 Å². The fourth-order valence-corrected chi connectivity index (χ4v) is 4.60. The van der Waals surface area contributed by atoms with Crippen LogP contribution in [0.25, 0.3) is 6.08 Å². The van der Waals surface area contributed by atoms with Gasteiger partial charge in [0.2, 0.25) is 0 Å². The third-order valence-electron chi connectivity index (χ3n) is 5.83. The van der Waals surface area contributed by atoms with E-state index in [0.717, 1.165) is 0 Å². The molecular weight excluding hydrogens is 523 g/mol. The quantitative estimate of drug-likeness (QED) is 0.153. The molecule has 1 aliphatic rings. The first kappa shape index (κ1) is 25.3. The average Bonchev–Trinajstić information content (AvgIpc) is 2.92. The Morgan fingerprint density at radius 3 is 1.97 bits per heavy atom. The van der Waals surface area contributed by atoms with Crippen molar-refractivity contribution in [3.8, 4) is 5.75 Å². The number of hydrogen-bond acceptors (Lipinski definition) is 4. The molecule has 1 heterocycles. The van der Waals surface area contributed by atoms with Gasteiger partial charge in [0.1, 0.15) is 23.7 Å². The van der Waals surface area contributed by atoms with Gasteiger partial charge in [-0.25, -0.2) is 4.39 Å². The standard InChI is InChI=1S/C30H20ClFN2O3S/c31-22-14-15-27(37-19-20-8-7-9-23(32)16-20)21(17-22)18-26-28(35)33(24-10-3-1-4-11-24)30(38)34(29(26)36)25-12-5-2-6-13-25/h1-18H,19H2. The van der Waals surface area contributed by atoms with Gasteiger partial charge in [0.05, 0.1) is 11.4 Å². The van der Waals surface area contributed by atoms with Gasteiger partial charge in [0, 0.05) is 10.6 Å². The SMILES string of the molecule is O=C1C(=Cc2cc(Cl)ccc2OCc2cccc(F)c2)C(=O)N(c2ccccc2)C(=S)N1c1ccccc1. The highest BCUT2D eigenvalue weighted by Gasteiger charge is 2.41. The molecule has 0 spiro atoms. The summed E-state index contributed by atoms with van der Waals surface area (Å²) in [7, 11) is 0. The Morgan fingerprint density at radius 1 is 0.789 bits per heavy atom. The molecule has 8 heteroatoms. The summed E-state index contributed by atoms with van der Waals surface area (Å²) in [4.78, 5) is 30.2. The van der Waals surface area contributed by atoms with Crippen molar-refractivity contribution in [2.75, 3.05) is 9.80 Å². The lowest BCUT2D eigenvalue weighted by Gasteiger charge is -2.36. The normalized spacial score (nSPS) is 13.6. The van der Waals surface area contributed by atoms with Crippen molar-refractivity contribution in [3.05, 3.63) is 131 Å². The summed E-state index contributed by atoms with van der Waals surface area (Å²) in [5.41, 5.74) is 1.97. The molecular formula is C30H20ClFN2O3S. The maximum atomic E-state index is 13.7. The lowest BCUT2D eigenvalue weighted by atomic mass is 10.0. The summed E-state index contributed by atoms with van der Waals surface area (Å²) >= 11 is 11.9. The van der Waals surface area contributed by atoms with Crippen LogP contribution in [0, 0.1) is 5.82 Å². The number of halogens is 2. The number of carbonyl (C=O) groups is 2. The lowest BCUT2D eigenvalue weighted by molar-refractivity contribution is -0.120. The second-order valence-electron chi connectivity index (χ2n) is 8.39. The first-order valence-corrected chi connectivity index (χ1v) is 12.4. The van der Waals surface area contributed by atoms with Crippen LogP contribution < -0.4 is 14.5 Å². The van der Waals surface area contributed by atoms with E-state index in [1.54, 1.807) is 78.9 Å². The van der Waals surface area contributed by atoms with E-state index in [1.807, 2.05) is 12.1 Å². The predicted octanol–water partition coefficient (Wildman–Crippen LogP) is 6.81. The Balaban J connectivity index is 1.58. The molecule has 0 saturated carbocycles. The number of thiocarbonyl (C=S) groups is 1. The van der Waals surface area contributed by atoms with Crippen molar-refractivity contribution in [2.24, 2.45) is 0 Å². The zero-order valence-electron chi connectivity index (χ0n) is 19.9. The van der Waals surface area contributed by atoms with Gasteiger partial charge < -0.3 is 4.74 Å². The molecule has 2 amide bonds. The van der Waals surface area contributed by atoms with Gasteiger partial charge >= 0.3 is 0 Å². The molecule has 5 rings (SSSR count). The second-order valence-corrected chi connectivity index (χ2v) is 9.20. The Morgan fingerprint density at radius 2 is 1.39 bits per heavy atom. The van der Waals surface area contributed by atoms with Crippen LogP contribution in [0.1, 0.15) is 11.1 Å². The number of hydrogen-bond donors (Lipinski definition) is 0. The molecule has 5 nitrogen and oxygen atoms in total. The zero-order valence-corrected chi connectivity index (χ0v) is 21.5. The maximum absolute atomic E-state index is 13.7. The molecule has 0 unspecified atom stereocenters. The predicted molar refractivity (Wildman–Crippen MR) is 151 cm³/mol. The fourth-order valence-electron chi connectivity index (χ4n) is 4.05. The molecule has 0 aliphatic carbocycles. The number of rotatable bonds is 6. The van der Waals surface area contributed by atoms with Crippen LogP contribution in [0.5, 0.6) is 5.75 Å². The van der Waals surface area contributed by atoms with Crippen molar-refractivity contribution in [3.63, 3.8) is 0 Å². The van der Waals surface area contributed by atoms with Crippen LogP contribution in [0.2, 0.25) is 5.02 Å². The molecule has 1 aliphatic heterocycles. The van der Waals surface area contributed by atoms with Crippen LogP contribution >= 0.6 is 23.8 Å². The summed E-state index contributed by atoms with van der Waals surface area (Å²) in [6.45, 7) is 0.0772. The van der Waals surface area contributed by atoms with E-state index in [-0.39, 0.29) is 23.1 Å². The van der Waals surface area contributed by atoms with Crippen molar-refractivity contribution in [1.82, 2.24) is 0 Å². The molecule has 4 aromatic rings. The van der Waals surface area contributed by atoms with E-state index in [2.05, 4.69) is 0 Å². The summed E-state index contributed by atoms with van der Waals surface area (Å²) in [6.07, 6.45) is 1.45. The average molecular weight is 543 g/mol. The van der Waals surface area contributed by atoms with E-state index in [0.29, 0.717) is 33.3 Å². The highest BCUT2D eigenvalue weighted by Crippen LogP contribution is 2.32. The molecule has 0 atom stereocenters. The van der Waals surface area contributed by atoms with Gasteiger partial charge in [-0.2, -0.15) is 0 Å². The summed E-state index contributed by atoms with van der Waals surface area (Å²) in [5.74, 6) is -1.15. The Kier molecular flexibility index (Phi) is 7.31. The molecule has 0 aromatic heterocycles. The molecule has 38 heavy (non-hydrogen) atoms. The fraction of sp³-hybridized carbons (Fsp3) is 0.0333. The highest BCUT2D eigenvalue weighted by atomic mass is 35.5. The Labute approximate surface area is 229 Å². The lowest BCUT2D eigenvalue weighted by Crippen LogP contribution is -2.56. The van der Waals surface area contributed by atoms with Crippen molar-refractivity contribution < 1.29 is 18.7 Å². The van der Waals surface area contributed by atoms with Crippen molar-refractivity contribution in [1.29, 1.82) is 0 Å². The van der Waals surface area contributed by atoms with Crippen molar-refractivity contribution >= 4 is 58.2 Å². The topological polar surface area (TPSA) is 49.9 Å². The molecule has 188 valence electrons. The smallest absolute Gasteiger partial charge is 0.270 e. The Hall–Kier alpha value is -4.33. The van der Waals surface area contributed by atoms with Crippen LogP contribution in [0.15, 0.2) is 109 Å². The molecule has 0 radical (unpaired) electrons. The largest absolute Gasteiger partial charge is 0.488 e. The maximum Gasteiger partial charge on any atom is 0.270 e. The minimum atomic E-state index is -0.575.